The van der Waals surface area contributed by atoms with Crippen LogP contribution in [0.5, 0.6) is 0 Å². The first-order valence-electron chi connectivity index (χ1n) is 7.88. The summed E-state index contributed by atoms with van der Waals surface area (Å²) in [5, 5.41) is 3.57. The van der Waals surface area contributed by atoms with Crippen molar-refractivity contribution in [3.63, 3.8) is 0 Å². The van der Waals surface area contributed by atoms with Gasteiger partial charge < -0.3 is 5.32 Å². The second kappa shape index (κ2) is 5.50. The number of hydrogen-bond acceptors (Lipinski definition) is 2. The minimum Gasteiger partial charge on any atom is -0.315 e. The molecule has 0 amide bonds. The van der Waals surface area contributed by atoms with Gasteiger partial charge in [0.05, 0.1) is 0 Å². The smallest absolute Gasteiger partial charge is 0.0251 e. The van der Waals surface area contributed by atoms with E-state index in [1.165, 1.54) is 38.5 Å². The summed E-state index contributed by atoms with van der Waals surface area (Å²) in [6.45, 7) is 7.28. The molecule has 0 radical (unpaired) electrons. The maximum atomic E-state index is 3.57. The molecule has 3 unspecified atom stereocenters. The first-order valence-corrected chi connectivity index (χ1v) is 7.88. The Labute approximate surface area is 114 Å². The van der Waals surface area contributed by atoms with Gasteiger partial charge in [0.25, 0.3) is 0 Å². The molecule has 2 heteroatoms. The van der Waals surface area contributed by atoms with Crippen LogP contribution in [0.25, 0.3) is 0 Å². The number of nitrogens with zero attached hydrogens (tertiary/aromatic N) is 1. The molecule has 0 aliphatic heterocycles. The average molecular weight is 252 g/mol. The minimum absolute atomic E-state index is 0.515. The maximum absolute atomic E-state index is 3.57. The Morgan fingerprint density at radius 3 is 2.33 bits per heavy atom. The zero-order chi connectivity index (χ0) is 13.3. The van der Waals surface area contributed by atoms with Crippen LogP contribution in [0.4, 0.5) is 0 Å². The largest absolute Gasteiger partial charge is 0.315 e. The molecule has 0 heterocycles. The molecule has 2 rings (SSSR count). The third-order valence-electron chi connectivity index (χ3n) is 5.85. The van der Waals surface area contributed by atoms with Crippen molar-refractivity contribution in [1.82, 2.24) is 10.2 Å². The second-order valence-corrected chi connectivity index (χ2v) is 7.21. The lowest BCUT2D eigenvalue weighted by molar-refractivity contribution is 0.0610. The van der Waals surface area contributed by atoms with E-state index in [9.17, 15) is 0 Å². The summed E-state index contributed by atoms with van der Waals surface area (Å²) in [5.41, 5.74) is 0.515. The van der Waals surface area contributed by atoms with Crippen molar-refractivity contribution in [3.05, 3.63) is 0 Å². The highest BCUT2D eigenvalue weighted by atomic mass is 15.2. The van der Waals surface area contributed by atoms with Gasteiger partial charge >= 0.3 is 0 Å². The molecule has 2 aliphatic carbocycles. The SMILES string of the molecule is CCC(C)(C)C1CCC(NC)C(N(C)C2CC2)C1. The molecular weight excluding hydrogens is 220 g/mol. The zero-order valence-electron chi connectivity index (χ0n) is 13.0. The maximum Gasteiger partial charge on any atom is 0.0251 e. The van der Waals surface area contributed by atoms with Gasteiger partial charge in [-0.05, 0) is 57.5 Å². The van der Waals surface area contributed by atoms with E-state index in [0.29, 0.717) is 11.5 Å². The summed E-state index contributed by atoms with van der Waals surface area (Å²) in [5.74, 6) is 0.901. The van der Waals surface area contributed by atoms with Crippen molar-refractivity contribution in [2.24, 2.45) is 11.3 Å². The third-order valence-corrected chi connectivity index (χ3v) is 5.85. The highest BCUT2D eigenvalue weighted by Gasteiger charge is 2.41. The quantitative estimate of drug-likeness (QED) is 0.808. The molecule has 2 saturated carbocycles. The van der Waals surface area contributed by atoms with Crippen molar-refractivity contribution >= 4 is 0 Å². The zero-order valence-corrected chi connectivity index (χ0v) is 13.0. The van der Waals surface area contributed by atoms with Crippen LogP contribution < -0.4 is 5.32 Å². The lowest BCUT2D eigenvalue weighted by Gasteiger charge is -2.46. The van der Waals surface area contributed by atoms with E-state index in [2.05, 4.69) is 45.1 Å². The summed E-state index contributed by atoms with van der Waals surface area (Å²) >= 11 is 0. The van der Waals surface area contributed by atoms with Crippen LogP contribution in [0.1, 0.15) is 59.3 Å². The molecule has 2 fully saturated rings. The van der Waals surface area contributed by atoms with Crippen LogP contribution in [0.15, 0.2) is 0 Å². The van der Waals surface area contributed by atoms with E-state index in [1.54, 1.807) is 0 Å². The number of nitrogens with one attached hydrogen (secondary N) is 1. The fourth-order valence-electron chi connectivity index (χ4n) is 3.68. The molecule has 0 bridgehead atoms. The fraction of sp³-hybridized carbons (Fsp3) is 1.00. The molecule has 2 aliphatic rings. The van der Waals surface area contributed by atoms with E-state index in [1.807, 2.05) is 0 Å². The highest BCUT2D eigenvalue weighted by Crippen LogP contribution is 2.43. The number of likely N-dealkylation sites (N-methyl/N-ethyl adjacent to an activating group) is 2. The standard InChI is InChI=1S/C16H32N2/c1-6-16(2,3)12-7-10-14(17-4)15(11-12)18(5)13-8-9-13/h12-15,17H,6-11H2,1-5H3. The highest BCUT2D eigenvalue weighted by molar-refractivity contribution is 4.97. The average Bonchev–Trinajstić information content (AvgIpc) is 3.21. The van der Waals surface area contributed by atoms with Crippen molar-refractivity contribution in [2.75, 3.05) is 14.1 Å². The lowest BCUT2D eigenvalue weighted by atomic mass is 9.67. The van der Waals surface area contributed by atoms with Gasteiger partial charge in [-0.25, -0.2) is 0 Å². The summed E-state index contributed by atoms with van der Waals surface area (Å²) in [7, 11) is 4.50. The molecule has 0 aromatic rings. The van der Waals surface area contributed by atoms with Crippen LogP contribution in [0.2, 0.25) is 0 Å². The number of rotatable bonds is 5. The van der Waals surface area contributed by atoms with Gasteiger partial charge in [0, 0.05) is 18.1 Å². The summed E-state index contributed by atoms with van der Waals surface area (Å²) in [6.07, 6.45) is 8.30. The normalized spacial score (nSPS) is 34.0. The summed E-state index contributed by atoms with van der Waals surface area (Å²) < 4.78 is 0. The summed E-state index contributed by atoms with van der Waals surface area (Å²) in [4.78, 5) is 2.68. The fourth-order valence-corrected chi connectivity index (χ4v) is 3.68. The van der Waals surface area contributed by atoms with E-state index < -0.39 is 0 Å². The topological polar surface area (TPSA) is 15.3 Å². The minimum atomic E-state index is 0.515. The number of hydrogen-bond donors (Lipinski definition) is 1. The van der Waals surface area contributed by atoms with Crippen LogP contribution in [0.3, 0.4) is 0 Å². The van der Waals surface area contributed by atoms with Gasteiger partial charge in [-0.15, -0.1) is 0 Å². The van der Waals surface area contributed by atoms with E-state index in [4.69, 9.17) is 0 Å². The summed E-state index contributed by atoms with van der Waals surface area (Å²) in [6, 6.07) is 2.35. The first kappa shape index (κ1) is 14.3. The Bertz CT molecular complexity index is 268. The van der Waals surface area contributed by atoms with Crippen LogP contribution in [0, 0.1) is 11.3 Å². The van der Waals surface area contributed by atoms with Gasteiger partial charge in [0.2, 0.25) is 0 Å². The molecule has 0 aromatic heterocycles. The van der Waals surface area contributed by atoms with Crippen molar-refractivity contribution in [3.8, 4) is 0 Å². The molecule has 0 aromatic carbocycles. The monoisotopic (exact) mass is 252 g/mol. The predicted octanol–water partition coefficient (Wildman–Crippen LogP) is 3.27. The second-order valence-electron chi connectivity index (χ2n) is 7.21. The Balaban J connectivity index is 2.03. The van der Waals surface area contributed by atoms with Gasteiger partial charge in [-0.1, -0.05) is 27.2 Å². The Morgan fingerprint density at radius 2 is 1.83 bits per heavy atom. The van der Waals surface area contributed by atoms with Gasteiger partial charge in [0.1, 0.15) is 0 Å². The Morgan fingerprint density at radius 1 is 1.17 bits per heavy atom. The molecule has 1 N–H and O–H groups in total. The van der Waals surface area contributed by atoms with Gasteiger partial charge in [-0.2, -0.15) is 0 Å². The van der Waals surface area contributed by atoms with Gasteiger partial charge in [-0.3, -0.25) is 4.90 Å². The van der Waals surface area contributed by atoms with Crippen molar-refractivity contribution < 1.29 is 0 Å². The molecule has 18 heavy (non-hydrogen) atoms. The predicted molar refractivity (Wildman–Crippen MR) is 78.8 cm³/mol. The molecule has 2 nitrogen and oxygen atoms in total. The van der Waals surface area contributed by atoms with E-state index in [-0.39, 0.29) is 0 Å². The van der Waals surface area contributed by atoms with Crippen molar-refractivity contribution in [2.45, 2.75) is 77.4 Å². The molecule has 0 saturated heterocycles. The molecule has 0 spiro atoms. The molecule has 106 valence electrons. The van der Waals surface area contributed by atoms with Crippen LogP contribution >= 0.6 is 0 Å². The Hall–Kier alpha value is -0.0800. The van der Waals surface area contributed by atoms with Crippen LogP contribution in [-0.2, 0) is 0 Å². The molecule has 3 atom stereocenters. The van der Waals surface area contributed by atoms with Crippen molar-refractivity contribution in [1.29, 1.82) is 0 Å². The van der Waals surface area contributed by atoms with E-state index in [0.717, 1.165) is 18.0 Å². The van der Waals surface area contributed by atoms with Crippen LogP contribution in [-0.4, -0.2) is 37.1 Å². The van der Waals surface area contributed by atoms with Gasteiger partial charge in [0.15, 0.2) is 0 Å². The Kier molecular flexibility index (Phi) is 4.38. The van der Waals surface area contributed by atoms with E-state index >= 15 is 0 Å². The lowest BCUT2D eigenvalue weighted by Crippen LogP contribution is -2.53. The molecular formula is C16H32N2. The first-order chi connectivity index (χ1) is 8.49. The third kappa shape index (κ3) is 2.91.